The minimum atomic E-state index is 0.583. The lowest BCUT2D eigenvalue weighted by molar-refractivity contribution is 0.244. The Kier molecular flexibility index (Phi) is 5.59. The van der Waals surface area contributed by atoms with Gasteiger partial charge in [0.2, 0.25) is 0 Å². The Bertz CT molecular complexity index is 931. The maximum Gasteiger partial charge on any atom is 0.199 e. The molecule has 0 unspecified atom stereocenters. The third-order valence-corrected chi connectivity index (χ3v) is 4.96. The van der Waals surface area contributed by atoms with Crippen molar-refractivity contribution in [2.75, 3.05) is 7.05 Å². The Morgan fingerprint density at radius 3 is 2.44 bits per heavy atom. The molecule has 0 aliphatic carbocycles. The summed E-state index contributed by atoms with van der Waals surface area (Å²) in [6.45, 7) is 1.36. The first kappa shape index (κ1) is 18.1. The van der Waals surface area contributed by atoms with Crippen molar-refractivity contribution >= 4 is 35.4 Å². The highest BCUT2D eigenvalue weighted by molar-refractivity contribution is 7.71. The Hall–Kier alpha value is -1.66. The lowest BCUT2D eigenvalue weighted by atomic mass is 10.2. The van der Waals surface area contributed by atoms with Crippen molar-refractivity contribution in [1.82, 2.24) is 19.2 Å². The third kappa shape index (κ3) is 4.12. The maximum absolute atomic E-state index is 6.30. The van der Waals surface area contributed by atoms with Crippen LogP contribution < -0.4 is 0 Å². The Morgan fingerprint density at radius 2 is 1.76 bits per heavy atom. The average molecular weight is 393 g/mol. The van der Waals surface area contributed by atoms with Crippen LogP contribution in [-0.4, -0.2) is 26.3 Å². The van der Waals surface area contributed by atoms with E-state index in [1.54, 1.807) is 0 Å². The van der Waals surface area contributed by atoms with Gasteiger partial charge in [-0.15, -0.1) is 0 Å². The third-order valence-electron chi connectivity index (χ3n) is 3.90. The summed E-state index contributed by atoms with van der Waals surface area (Å²) in [5.41, 5.74) is 2.05. The van der Waals surface area contributed by atoms with E-state index in [0.29, 0.717) is 16.5 Å². The summed E-state index contributed by atoms with van der Waals surface area (Å²) >= 11 is 17.8. The zero-order chi connectivity index (χ0) is 18.0. The summed E-state index contributed by atoms with van der Waals surface area (Å²) in [5.74, 6) is 0.760. The van der Waals surface area contributed by atoms with Crippen LogP contribution in [0.15, 0.2) is 48.5 Å². The van der Waals surface area contributed by atoms with Crippen LogP contribution in [0.5, 0.6) is 0 Å². The fraction of sp³-hybridized carbons (Fsp3) is 0.222. The van der Waals surface area contributed by atoms with E-state index in [1.165, 1.54) is 5.56 Å². The lowest BCUT2D eigenvalue weighted by Gasteiger charge is -2.16. The first-order valence-electron chi connectivity index (χ1n) is 7.77. The molecule has 3 aromatic rings. The highest BCUT2D eigenvalue weighted by Crippen LogP contribution is 2.26. The molecule has 2 aromatic carbocycles. The summed E-state index contributed by atoms with van der Waals surface area (Å²) in [6.07, 6.45) is 0. The summed E-state index contributed by atoms with van der Waals surface area (Å²) in [6, 6.07) is 15.5. The van der Waals surface area contributed by atoms with E-state index >= 15 is 0 Å². The van der Waals surface area contributed by atoms with Gasteiger partial charge in [0.1, 0.15) is 0 Å². The van der Waals surface area contributed by atoms with Gasteiger partial charge in [-0.3, -0.25) is 4.90 Å². The molecule has 1 heterocycles. The van der Waals surface area contributed by atoms with Gasteiger partial charge >= 0.3 is 0 Å². The number of halogens is 2. The van der Waals surface area contributed by atoms with Crippen LogP contribution in [0.4, 0.5) is 0 Å². The van der Waals surface area contributed by atoms with Gasteiger partial charge in [-0.2, -0.15) is 5.10 Å². The van der Waals surface area contributed by atoms with Crippen molar-refractivity contribution in [1.29, 1.82) is 0 Å². The van der Waals surface area contributed by atoms with E-state index < -0.39 is 0 Å². The summed E-state index contributed by atoms with van der Waals surface area (Å²) in [4.78, 5) is 2.14. The van der Waals surface area contributed by atoms with Crippen LogP contribution in [0, 0.1) is 4.77 Å². The minimum Gasteiger partial charge on any atom is -0.303 e. The largest absolute Gasteiger partial charge is 0.303 e. The smallest absolute Gasteiger partial charge is 0.199 e. The van der Waals surface area contributed by atoms with Crippen molar-refractivity contribution in [3.8, 4) is 11.4 Å². The molecule has 0 aliphatic rings. The molecule has 4 nitrogen and oxygen atoms in total. The van der Waals surface area contributed by atoms with E-state index in [2.05, 4.69) is 10.00 Å². The van der Waals surface area contributed by atoms with Crippen LogP contribution in [0.1, 0.15) is 5.56 Å². The summed E-state index contributed by atoms with van der Waals surface area (Å²) in [5, 5.41) is 6.06. The van der Waals surface area contributed by atoms with Gasteiger partial charge in [0.15, 0.2) is 10.6 Å². The molecule has 0 saturated heterocycles. The summed E-state index contributed by atoms with van der Waals surface area (Å²) < 4.78 is 4.34. The number of hydrogen-bond acceptors (Lipinski definition) is 3. The molecule has 0 N–H and O–H groups in total. The lowest BCUT2D eigenvalue weighted by Crippen LogP contribution is -2.22. The van der Waals surface area contributed by atoms with Gasteiger partial charge in [0.05, 0.1) is 11.7 Å². The predicted molar refractivity (Wildman–Crippen MR) is 105 cm³/mol. The first-order valence-corrected chi connectivity index (χ1v) is 8.94. The van der Waals surface area contributed by atoms with Gasteiger partial charge < -0.3 is 4.57 Å². The average Bonchev–Trinajstić information content (AvgIpc) is 2.86. The maximum atomic E-state index is 6.30. The molecule has 0 aliphatic heterocycles. The van der Waals surface area contributed by atoms with Gasteiger partial charge in [-0.25, -0.2) is 4.68 Å². The van der Waals surface area contributed by atoms with Gasteiger partial charge in [0.25, 0.3) is 0 Å². The second kappa shape index (κ2) is 7.70. The predicted octanol–water partition coefficient (Wildman–Crippen LogP) is 5.01. The van der Waals surface area contributed by atoms with Crippen molar-refractivity contribution < 1.29 is 0 Å². The SMILES string of the molecule is CN(Cc1ccc(Cl)cc1)Cn1nc(-c2ccccc2Cl)n(C)c1=S. The standard InChI is InChI=1S/C18H18Cl2N4S/c1-22(11-13-7-9-14(19)10-8-13)12-24-18(25)23(2)17(21-24)15-5-3-4-6-16(15)20/h3-10H,11-12H2,1-2H3. The second-order valence-corrected chi connectivity index (χ2v) is 7.14. The molecule has 0 spiro atoms. The quantitative estimate of drug-likeness (QED) is 0.570. The van der Waals surface area contributed by atoms with Crippen molar-refractivity contribution in [2.45, 2.75) is 13.2 Å². The van der Waals surface area contributed by atoms with Crippen LogP contribution in [0.25, 0.3) is 11.4 Å². The first-order chi connectivity index (χ1) is 12.0. The fourth-order valence-electron chi connectivity index (χ4n) is 2.64. The normalized spacial score (nSPS) is 11.2. The monoisotopic (exact) mass is 392 g/mol. The number of hydrogen-bond donors (Lipinski definition) is 0. The van der Waals surface area contributed by atoms with Crippen molar-refractivity contribution in [3.63, 3.8) is 0 Å². The minimum absolute atomic E-state index is 0.583. The van der Waals surface area contributed by atoms with Crippen LogP contribution >= 0.6 is 35.4 Å². The van der Waals surface area contributed by atoms with Crippen molar-refractivity contribution in [2.24, 2.45) is 7.05 Å². The highest BCUT2D eigenvalue weighted by atomic mass is 35.5. The fourth-order valence-corrected chi connectivity index (χ4v) is 3.17. The number of aromatic nitrogens is 3. The van der Waals surface area contributed by atoms with E-state index in [-0.39, 0.29) is 0 Å². The summed E-state index contributed by atoms with van der Waals surface area (Å²) in [7, 11) is 3.93. The van der Waals surface area contributed by atoms with Crippen LogP contribution in [0.2, 0.25) is 10.0 Å². The van der Waals surface area contributed by atoms with E-state index in [1.807, 2.05) is 71.9 Å². The molecule has 0 saturated carbocycles. The zero-order valence-electron chi connectivity index (χ0n) is 14.0. The van der Waals surface area contributed by atoms with E-state index in [4.69, 9.17) is 35.4 Å². The molecular weight excluding hydrogens is 375 g/mol. The van der Waals surface area contributed by atoms with Gasteiger partial charge in [-0.1, -0.05) is 47.5 Å². The Labute approximate surface area is 162 Å². The van der Waals surface area contributed by atoms with E-state index in [0.717, 1.165) is 23.0 Å². The molecule has 0 fully saturated rings. The van der Waals surface area contributed by atoms with Crippen LogP contribution in [0.3, 0.4) is 0 Å². The molecular formula is C18H18Cl2N4S. The van der Waals surface area contributed by atoms with Crippen LogP contribution in [-0.2, 0) is 20.3 Å². The molecule has 130 valence electrons. The highest BCUT2D eigenvalue weighted by Gasteiger charge is 2.13. The Balaban J connectivity index is 1.81. The molecule has 7 heteroatoms. The topological polar surface area (TPSA) is 26.0 Å². The van der Waals surface area contributed by atoms with E-state index in [9.17, 15) is 0 Å². The molecule has 1 aromatic heterocycles. The number of benzene rings is 2. The molecule has 25 heavy (non-hydrogen) atoms. The molecule has 0 radical (unpaired) electrons. The number of rotatable bonds is 5. The second-order valence-electron chi connectivity index (χ2n) is 5.93. The molecule has 0 atom stereocenters. The van der Waals surface area contributed by atoms with Gasteiger partial charge in [0, 0.05) is 24.2 Å². The Morgan fingerprint density at radius 1 is 1.08 bits per heavy atom. The molecule has 3 rings (SSSR count). The zero-order valence-corrected chi connectivity index (χ0v) is 16.3. The van der Waals surface area contributed by atoms with Crippen molar-refractivity contribution in [3.05, 3.63) is 68.9 Å². The molecule has 0 amide bonds. The number of nitrogens with zero attached hydrogens (tertiary/aromatic N) is 4. The molecule has 0 bridgehead atoms. The van der Waals surface area contributed by atoms with Gasteiger partial charge in [-0.05, 0) is 49.1 Å².